The summed E-state index contributed by atoms with van der Waals surface area (Å²) < 4.78 is 37.6. The van der Waals surface area contributed by atoms with E-state index in [9.17, 15) is 22.8 Å². The Kier molecular flexibility index (Phi) is 5.57. The average molecular weight is 466 g/mol. The summed E-state index contributed by atoms with van der Waals surface area (Å²) in [4.78, 5) is 30.8. The van der Waals surface area contributed by atoms with Gasteiger partial charge in [-0.2, -0.15) is 13.2 Å². The van der Waals surface area contributed by atoms with Crippen LogP contribution in [0.3, 0.4) is 0 Å². The van der Waals surface area contributed by atoms with Crippen molar-refractivity contribution < 1.29 is 22.8 Å². The SMILES string of the molecule is CC(c1cc(Cl)nc2ccccc12)C1NC(=O)N(c2ccc(SC(F)(F)F)cc2)C1=O. The highest BCUT2D eigenvalue weighted by Crippen LogP contribution is 2.38. The molecule has 0 radical (unpaired) electrons. The van der Waals surface area contributed by atoms with Crippen LogP contribution in [0.2, 0.25) is 5.15 Å². The molecule has 0 bridgehead atoms. The van der Waals surface area contributed by atoms with Crippen molar-refractivity contribution in [2.45, 2.75) is 29.3 Å². The number of aromatic nitrogens is 1. The molecule has 3 aromatic rings. The monoisotopic (exact) mass is 465 g/mol. The molecule has 2 atom stereocenters. The number of nitrogens with zero attached hydrogens (tertiary/aromatic N) is 2. The molecule has 1 N–H and O–H groups in total. The molecule has 2 heterocycles. The number of imide groups is 1. The van der Waals surface area contributed by atoms with Crippen molar-refractivity contribution in [2.75, 3.05) is 4.90 Å². The molecule has 10 heteroatoms. The Labute approximate surface area is 184 Å². The largest absolute Gasteiger partial charge is 0.446 e. The zero-order valence-corrected chi connectivity index (χ0v) is 17.6. The van der Waals surface area contributed by atoms with Crippen molar-refractivity contribution in [1.82, 2.24) is 10.3 Å². The lowest BCUT2D eigenvalue weighted by atomic mass is 9.90. The number of rotatable bonds is 4. The molecule has 0 saturated carbocycles. The predicted octanol–water partition coefficient (Wildman–Crippen LogP) is 5.73. The first kappa shape index (κ1) is 21.5. The second-order valence-electron chi connectivity index (χ2n) is 6.98. The predicted molar refractivity (Wildman–Crippen MR) is 113 cm³/mol. The molecule has 1 aliphatic rings. The number of carbonyl (C=O) groups is 2. The molecule has 1 aromatic heterocycles. The number of para-hydroxylation sites is 1. The normalized spacial score (nSPS) is 17.8. The van der Waals surface area contributed by atoms with Crippen LogP contribution in [0.4, 0.5) is 23.7 Å². The Hall–Kier alpha value is -2.78. The lowest BCUT2D eigenvalue weighted by Crippen LogP contribution is -2.35. The van der Waals surface area contributed by atoms with Crippen LogP contribution in [-0.4, -0.2) is 28.5 Å². The van der Waals surface area contributed by atoms with Gasteiger partial charge in [0.05, 0.1) is 11.2 Å². The van der Waals surface area contributed by atoms with Gasteiger partial charge in [-0.1, -0.05) is 36.7 Å². The highest BCUT2D eigenvalue weighted by atomic mass is 35.5. The van der Waals surface area contributed by atoms with Gasteiger partial charge in [0.1, 0.15) is 11.2 Å². The zero-order valence-electron chi connectivity index (χ0n) is 16.0. The van der Waals surface area contributed by atoms with Crippen LogP contribution in [0.15, 0.2) is 59.5 Å². The third-order valence-corrected chi connectivity index (χ3v) is 5.94. The molecule has 1 saturated heterocycles. The van der Waals surface area contributed by atoms with Crippen molar-refractivity contribution in [3.8, 4) is 0 Å². The molecule has 2 unspecified atom stereocenters. The highest BCUT2D eigenvalue weighted by molar-refractivity contribution is 8.00. The number of amides is 3. The van der Waals surface area contributed by atoms with E-state index in [1.54, 1.807) is 19.1 Å². The van der Waals surface area contributed by atoms with E-state index in [0.717, 1.165) is 15.8 Å². The smallest absolute Gasteiger partial charge is 0.325 e. The minimum Gasteiger partial charge on any atom is -0.325 e. The molecule has 4 rings (SSSR count). The number of benzene rings is 2. The van der Waals surface area contributed by atoms with Crippen LogP contribution >= 0.6 is 23.4 Å². The Morgan fingerprint density at radius 3 is 2.48 bits per heavy atom. The minimum absolute atomic E-state index is 0.0360. The number of alkyl halides is 3. The summed E-state index contributed by atoms with van der Waals surface area (Å²) in [7, 11) is 0. The standard InChI is InChI=1S/C21H15ClF3N3O2S/c1-11(15-10-17(22)26-16-5-3-2-4-14(15)16)18-19(29)28(20(30)27-18)12-6-8-13(9-7-12)31-21(23,24)25/h2-11,18H,1H3,(H,27,30). The fourth-order valence-electron chi connectivity index (χ4n) is 3.60. The lowest BCUT2D eigenvalue weighted by Gasteiger charge is -2.20. The summed E-state index contributed by atoms with van der Waals surface area (Å²) in [5.74, 6) is -0.919. The third kappa shape index (κ3) is 4.33. The van der Waals surface area contributed by atoms with Gasteiger partial charge in [-0.05, 0) is 53.7 Å². The van der Waals surface area contributed by atoms with Gasteiger partial charge < -0.3 is 5.32 Å². The van der Waals surface area contributed by atoms with Gasteiger partial charge in [0, 0.05) is 16.2 Å². The molecule has 0 aliphatic carbocycles. The first-order chi connectivity index (χ1) is 14.6. The number of fused-ring (bicyclic) bond motifs is 1. The second kappa shape index (κ2) is 8.05. The van der Waals surface area contributed by atoms with Gasteiger partial charge in [-0.3, -0.25) is 4.79 Å². The Balaban J connectivity index is 1.62. The number of thioether (sulfide) groups is 1. The number of halogens is 4. The number of pyridine rings is 1. The first-order valence-electron chi connectivity index (χ1n) is 9.19. The van der Waals surface area contributed by atoms with Crippen LogP contribution in [0.5, 0.6) is 0 Å². The fourth-order valence-corrected chi connectivity index (χ4v) is 4.35. The Bertz CT molecular complexity index is 1170. The van der Waals surface area contributed by atoms with Crippen LogP contribution < -0.4 is 10.2 Å². The highest BCUT2D eigenvalue weighted by Gasteiger charge is 2.42. The van der Waals surface area contributed by atoms with E-state index in [1.807, 2.05) is 18.2 Å². The molecule has 1 fully saturated rings. The molecule has 3 amide bonds. The average Bonchev–Trinajstić information content (AvgIpc) is 3.00. The minimum atomic E-state index is -4.42. The number of hydrogen-bond donors (Lipinski definition) is 1. The van der Waals surface area contributed by atoms with Crippen LogP contribution in [0.25, 0.3) is 10.9 Å². The van der Waals surface area contributed by atoms with E-state index >= 15 is 0 Å². The maximum absolute atomic E-state index is 13.1. The molecule has 160 valence electrons. The molecule has 0 spiro atoms. The molecule has 2 aromatic carbocycles. The molecular formula is C21H15ClF3N3O2S. The fraction of sp³-hybridized carbons (Fsp3) is 0.190. The number of anilines is 1. The molecule has 31 heavy (non-hydrogen) atoms. The van der Waals surface area contributed by atoms with Gasteiger partial charge in [0.25, 0.3) is 5.91 Å². The van der Waals surface area contributed by atoms with Gasteiger partial charge >= 0.3 is 11.5 Å². The van der Waals surface area contributed by atoms with Crippen molar-refractivity contribution in [2.24, 2.45) is 0 Å². The summed E-state index contributed by atoms with van der Waals surface area (Å²) >= 11 is 5.89. The van der Waals surface area contributed by atoms with Crippen molar-refractivity contribution in [3.05, 3.63) is 65.3 Å². The Morgan fingerprint density at radius 1 is 1.13 bits per heavy atom. The summed E-state index contributed by atoms with van der Waals surface area (Å²) in [6, 6.07) is 12.6. The van der Waals surface area contributed by atoms with E-state index in [1.165, 1.54) is 24.3 Å². The number of hydrogen-bond acceptors (Lipinski definition) is 4. The number of urea groups is 1. The van der Waals surface area contributed by atoms with Crippen LogP contribution in [0.1, 0.15) is 18.4 Å². The second-order valence-corrected chi connectivity index (χ2v) is 8.51. The maximum atomic E-state index is 13.1. The summed E-state index contributed by atoms with van der Waals surface area (Å²) in [6.45, 7) is 1.80. The summed E-state index contributed by atoms with van der Waals surface area (Å²) in [5, 5.41) is 3.76. The summed E-state index contributed by atoms with van der Waals surface area (Å²) in [6.07, 6.45) is 0. The maximum Gasteiger partial charge on any atom is 0.446 e. The van der Waals surface area contributed by atoms with E-state index in [0.29, 0.717) is 5.52 Å². The van der Waals surface area contributed by atoms with Gasteiger partial charge in [0.15, 0.2) is 0 Å². The molecule has 5 nitrogen and oxygen atoms in total. The number of carbonyl (C=O) groups excluding carboxylic acids is 2. The summed E-state index contributed by atoms with van der Waals surface area (Å²) in [5.41, 5.74) is -2.80. The first-order valence-corrected chi connectivity index (χ1v) is 10.4. The van der Waals surface area contributed by atoms with Gasteiger partial charge in [-0.15, -0.1) is 0 Å². The topological polar surface area (TPSA) is 62.3 Å². The van der Waals surface area contributed by atoms with E-state index < -0.39 is 29.4 Å². The van der Waals surface area contributed by atoms with Crippen LogP contribution in [-0.2, 0) is 4.79 Å². The van der Waals surface area contributed by atoms with Crippen molar-refractivity contribution in [1.29, 1.82) is 0 Å². The quantitative estimate of drug-likeness (QED) is 0.304. The van der Waals surface area contributed by atoms with E-state index in [4.69, 9.17) is 11.6 Å². The molecule has 1 aliphatic heterocycles. The van der Waals surface area contributed by atoms with E-state index in [-0.39, 0.29) is 27.5 Å². The Morgan fingerprint density at radius 2 is 1.81 bits per heavy atom. The van der Waals surface area contributed by atoms with Crippen molar-refractivity contribution >= 4 is 51.9 Å². The van der Waals surface area contributed by atoms with Crippen molar-refractivity contribution in [3.63, 3.8) is 0 Å². The van der Waals surface area contributed by atoms with Gasteiger partial charge in [0.2, 0.25) is 0 Å². The third-order valence-electron chi connectivity index (χ3n) is 5.00. The number of nitrogens with one attached hydrogen (secondary N) is 1. The lowest BCUT2D eigenvalue weighted by molar-refractivity contribution is -0.118. The van der Waals surface area contributed by atoms with E-state index in [2.05, 4.69) is 10.3 Å². The zero-order chi connectivity index (χ0) is 22.3. The molecular weight excluding hydrogens is 451 g/mol. The van der Waals surface area contributed by atoms with Gasteiger partial charge in [-0.25, -0.2) is 14.7 Å². The van der Waals surface area contributed by atoms with Crippen LogP contribution in [0, 0.1) is 0 Å².